The normalized spacial score (nSPS) is 11.6. The first-order chi connectivity index (χ1) is 17.1. The second kappa shape index (κ2) is 10.2. The molecule has 0 saturated heterocycles. The second-order valence-corrected chi connectivity index (χ2v) is 9.22. The van der Waals surface area contributed by atoms with E-state index in [1.165, 1.54) is 53.9 Å². The highest BCUT2D eigenvalue weighted by Gasteiger charge is 2.38. The molecule has 36 heavy (non-hydrogen) atoms. The summed E-state index contributed by atoms with van der Waals surface area (Å²) < 4.78 is 37.8. The standard InChI is InChI=1S/C22H15F3N6O3S2/c1-11(32)26-13-6-8-15(9-7-13)30-31-17-10-16-19(36-17)29-21(35-16)28-18(33)12-2-4-14(5-3-12)27-20(34)22(23,24)25/h2-10H,1H3,(H,26,32)(H,27,34)(H,28,29,33). The summed E-state index contributed by atoms with van der Waals surface area (Å²) in [6, 6.07) is 13.6. The van der Waals surface area contributed by atoms with E-state index in [0.29, 0.717) is 26.3 Å². The van der Waals surface area contributed by atoms with Crippen LogP contribution in [0.15, 0.2) is 64.8 Å². The number of fused-ring (bicyclic) bond motifs is 1. The molecule has 0 aliphatic heterocycles. The summed E-state index contributed by atoms with van der Waals surface area (Å²) in [5.41, 5.74) is 1.35. The van der Waals surface area contributed by atoms with E-state index in [1.54, 1.807) is 35.6 Å². The quantitative estimate of drug-likeness (QED) is 0.246. The van der Waals surface area contributed by atoms with E-state index in [0.717, 1.165) is 4.70 Å². The number of thiazole rings is 1. The number of azo groups is 1. The molecule has 4 aromatic rings. The summed E-state index contributed by atoms with van der Waals surface area (Å²) in [6.07, 6.45) is -5.00. The summed E-state index contributed by atoms with van der Waals surface area (Å²) in [7, 11) is 0. The lowest BCUT2D eigenvalue weighted by Gasteiger charge is -2.08. The van der Waals surface area contributed by atoms with Crippen LogP contribution in [0, 0.1) is 0 Å². The zero-order valence-corrected chi connectivity index (χ0v) is 19.8. The summed E-state index contributed by atoms with van der Waals surface area (Å²) in [4.78, 5) is 39.5. The Bertz CT molecular complexity index is 1430. The minimum absolute atomic E-state index is 0.0889. The molecule has 184 valence electrons. The van der Waals surface area contributed by atoms with Gasteiger partial charge in [0, 0.05) is 23.9 Å². The van der Waals surface area contributed by atoms with E-state index < -0.39 is 18.0 Å². The van der Waals surface area contributed by atoms with Gasteiger partial charge in [-0.3, -0.25) is 19.7 Å². The summed E-state index contributed by atoms with van der Waals surface area (Å²) >= 11 is 2.51. The monoisotopic (exact) mass is 532 g/mol. The number of nitrogens with one attached hydrogen (secondary N) is 3. The number of hydrogen-bond donors (Lipinski definition) is 3. The van der Waals surface area contributed by atoms with Gasteiger partial charge in [0.05, 0.1) is 10.4 Å². The predicted molar refractivity (Wildman–Crippen MR) is 131 cm³/mol. The van der Waals surface area contributed by atoms with Crippen LogP contribution in [-0.4, -0.2) is 28.9 Å². The highest BCUT2D eigenvalue weighted by Crippen LogP contribution is 2.38. The Hall–Kier alpha value is -4.17. The minimum Gasteiger partial charge on any atom is -0.326 e. The van der Waals surface area contributed by atoms with Crippen molar-refractivity contribution in [3.63, 3.8) is 0 Å². The Kier molecular flexibility index (Phi) is 7.07. The number of alkyl halides is 3. The van der Waals surface area contributed by atoms with Gasteiger partial charge in [-0.25, -0.2) is 4.98 Å². The zero-order chi connectivity index (χ0) is 25.9. The van der Waals surface area contributed by atoms with E-state index in [-0.39, 0.29) is 17.2 Å². The van der Waals surface area contributed by atoms with Crippen molar-refractivity contribution in [3.8, 4) is 0 Å². The Labute approximate surface area is 209 Å². The van der Waals surface area contributed by atoms with Crippen LogP contribution in [0.25, 0.3) is 9.53 Å². The van der Waals surface area contributed by atoms with Gasteiger partial charge in [0.15, 0.2) is 5.13 Å². The Morgan fingerprint density at radius 3 is 2.11 bits per heavy atom. The van der Waals surface area contributed by atoms with Crippen LogP contribution >= 0.6 is 22.7 Å². The van der Waals surface area contributed by atoms with Crippen molar-refractivity contribution >= 4 is 77.1 Å². The van der Waals surface area contributed by atoms with Gasteiger partial charge in [-0.15, -0.1) is 10.2 Å². The van der Waals surface area contributed by atoms with Crippen LogP contribution in [0.4, 0.5) is 40.4 Å². The highest BCUT2D eigenvalue weighted by atomic mass is 32.1. The number of rotatable bonds is 6. The lowest BCUT2D eigenvalue weighted by atomic mass is 10.2. The first-order valence-corrected chi connectivity index (χ1v) is 11.7. The molecule has 2 aromatic heterocycles. The van der Waals surface area contributed by atoms with Crippen molar-refractivity contribution in [3.05, 3.63) is 60.2 Å². The maximum absolute atomic E-state index is 12.4. The van der Waals surface area contributed by atoms with Gasteiger partial charge in [-0.1, -0.05) is 22.7 Å². The molecule has 3 amide bonds. The Balaban J connectivity index is 1.37. The fraction of sp³-hybridized carbons (Fsp3) is 0.0909. The molecule has 0 atom stereocenters. The zero-order valence-electron chi connectivity index (χ0n) is 18.2. The van der Waals surface area contributed by atoms with Gasteiger partial charge in [-0.2, -0.15) is 13.2 Å². The van der Waals surface area contributed by atoms with E-state index in [1.807, 2.05) is 0 Å². The molecule has 0 radical (unpaired) electrons. The number of thiophene rings is 1. The van der Waals surface area contributed by atoms with E-state index in [4.69, 9.17) is 0 Å². The molecule has 9 nitrogen and oxygen atoms in total. The first kappa shape index (κ1) is 24.9. The molecule has 0 bridgehead atoms. The van der Waals surface area contributed by atoms with Crippen LogP contribution in [0.3, 0.4) is 0 Å². The number of halogens is 3. The maximum atomic E-state index is 12.4. The number of nitrogens with zero attached hydrogens (tertiary/aromatic N) is 3. The molecule has 14 heteroatoms. The van der Waals surface area contributed by atoms with Gasteiger partial charge in [0.25, 0.3) is 5.91 Å². The number of carbonyl (C=O) groups excluding carboxylic acids is 3. The minimum atomic E-state index is -5.00. The van der Waals surface area contributed by atoms with Crippen molar-refractivity contribution in [1.29, 1.82) is 0 Å². The second-order valence-electron chi connectivity index (χ2n) is 7.18. The number of benzene rings is 2. The predicted octanol–water partition coefficient (Wildman–Crippen LogP) is 6.48. The van der Waals surface area contributed by atoms with E-state index in [9.17, 15) is 27.6 Å². The number of aromatic nitrogens is 1. The van der Waals surface area contributed by atoms with Crippen molar-refractivity contribution in [2.24, 2.45) is 10.2 Å². The lowest BCUT2D eigenvalue weighted by molar-refractivity contribution is -0.167. The van der Waals surface area contributed by atoms with Crippen molar-refractivity contribution in [2.45, 2.75) is 13.1 Å². The van der Waals surface area contributed by atoms with Crippen molar-refractivity contribution in [2.75, 3.05) is 16.0 Å². The molecule has 0 saturated carbocycles. The largest absolute Gasteiger partial charge is 0.471 e. The molecule has 4 rings (SSSR count). The number of carbonyl (C=O) groups is 3. The number of anilines is 3. The van der Waals surface area contributed by atoms with Gasteiger partial charge >= 0.3 is 12.1 Å². The third kappa shape index (κ3) is 6.28. The number of amides is 3. The van der Waals surface area contributed by atoms with Gasteiger partial charge in [0.2, 0.25) is 5.91 Å². The van der Waals surface area contributed by atoms with Crippen LogP contribution in [0.1, 0.15) is 17.3 Å². The fourth-order valence-electron chi connectivity index (χ4n) is 2.82. The van der Waals surface area contributed by atoms with Gasteiger partial charge in [0.1, 0.15) is 9.83 Å². The SMILES string of the molecule is CC(=O)Nc1ccc(N=Nc2cc3sc(NC(=O)c4ccc(NC(=O)C(F)(F)F)cc4)nc3s2)cc1. The maximum Gasteiger partial charge on any atom is 0.471 e. The van der Waals surface area contributed by atoms with Crippen LogP contribution in [-0.2, 0) is 9.59 Å². The van der Waals surface area contributed by atoms with Gasteiger partial charge in [-0.05, 0) is 54.6 Å². The first-order valence-electron chi connectivity index (χ1n) is 10.1. The van der Waals surface area contributed by atoms with Gasteiger partial charge < -0.3 is 10.6 Å². The molecular formula is C22H15F3N6O3S2. The van der Waals surface area contributed by atoms with E-state index >= 15 is 0 Å². The molecule has 0 fully saturated rings. The smallest absolute Gasteiger partial charge is 0.326 e. The lowest BCUT2D eigenvalue weighted by Crippen LogP contribution is -2.29. The molecule has 0 unspecified atom stereocenters. The Morgan fingerprint density at radius 2 is 1.50 bits per heavy atom. The summed E-state index contributed by atoms with van der Waals surface area (Å²) in [5, 5.41) is 16.3. The fourth-order valence-corrected chi connectivity index (χ4v) is 4.75. The van der Waals surface area contributed by atoms with E-state index in [2.05, 4.69) is 25.8 Å². The van der Waals surface area contributed by atoms with Crippen LogP contribution < -0.4 is 16.0 Å². The number of hydrogen-bond acceptors (Lipinski definition) is 8. The third-order valence-corrected chi connectivity index (χ3v) is 6.37. The average Bonchev–Trinajstić information content (AvgIpc) is 3.36. The third-order valence-electron chi connectivity index (χ3n) is 4.41. The molecule has 3 N–H and O–H groups in total. The van der Waals surface area contributed by atoms with Crippen LogP contribution in [0.5, 0.6) is 0 Å². The van der Waals surface area contributed by atoms with Crippen molar-refractivity contribution < 1.29 is 27.6 Å². The summed E-state index contributed by atoms with van der Waals surface area (Å²) in [6.45, 7) is 1.42. The highest BCUT2D eigenvalue weighted by molar-refractivity contribution is 7.30. The van der Waals surface area contributed by atoms with Crippen molar-refractivity contribution in [1.82, 2.24) is 4.98 Å². The van der Waals surface area contributed by atoms with Crippen LogP contribution in [0.2, 0.25) is 0 Å². The average molecular weight is 533 g/mol. The molecule has 0 aliphatic carbocycles. The molecule has 2 heterocycles. The topological polar surface area (TPSA) is 125 Å². The Morgan fingerprint density at radius 1 is 0.861 bits per heavy atom. The molecule has 2 aromatic carbocycles. The summed E-state index contributed by atoms with van der Waals surface area (Å²) in [5.74, 6) is -2.77. The molecule has 0 spiro atoms. The molecular weight excluding hydrogens is 517 g/mol. The molecule has 0 aliphatic rings.